The Morgan fingerprint density at radius 3 is 2.50 bits per heavy atom. The van der Waals surface area contributed by atoms with Crippen LogP contribution in [-0.4, -0.2) is 24.3 Å². The minimum atomic E-state index is 0.250. The Balaban J connectivity index is 3.21. The lowest BCUT2D eigenvalue weighted by molar-refractivity contribution is 0.280. The molecule has 0 saturated heterocycles. The van der Waals surface area contributed by atoms with E-state index in [0.717, 1.165) is 13.0 Å². The van der Waals surface area contributed by atoms with E-state index in [1.165, 1.54) is 12.8 Å². The van der Waals surface area contributed by atoms with E-state index in [2.05, 4.69) is 19.2 Å². The van der Waals surface area contributed by atoms with Crippen molar-refractivity contribution in [2.75, 3.05) is 13.2 Å². The summed E-state index contributed by atoms with van der Waals surface area (Å²) in [6.45, 7) is 5.34. The molecule has 0 saturated carbocycles. The van der Waals surface area contributed by atoms with Gasteiger partial charge in [0.05, 0.1) is 6.61 Å². The van der Waals surface area contributed by atoms with E-state index in [-0.39, 0.29) is 6.61 Å². The van der Waals surface area contributed by atoms with E-state index >= 15 is 0 Å². The number of hydrogen-bond acceptors (Lipinski definition) is 2. The van der Waals surface area contributed by atoms with Crippen molar-refractivity contribution in [1.82, 2.24) is 5.32 Å². The molecule has 0 amide bonds. The zero-order chi connectivity index (χ0) is 7.82. The van der Waals surface area contributed by atoms with Crippen molar-refractivity contribution in [2.24, 2.45) is 0 Å². The molecule has 1 unspecified atom stereocenters. The zero-order valence-electron chi connectivity index (χ0n) is 7.06. The summed E-state index contributed by atoms with van der Waals surface area (Å²) < 4.78 is 0. The molecule has 0 aliphatic carbocycles. The Kier molecular flexibility index (Phi) is 6.98. The molecular weight excluding hydrogens is 126 g/mol. The Labute approximate surface area is 63.6 Å². The molecule has 0 spiro atoms. The third kappa shape index (κ3) is 4.77. The molecule has 1 atom stereocenters. The number of nitrogens with one attached hydrogen (secondary N) is 1. The fraction of sp³-hybridized carbons (Fsp3) is 1.00. The molecule has 2 heteroatoms. The van der Waals surface area contributed by atoms with Gasteiger partial charge in [-0.3, -0.25) is 0 Å². The highest BCUT2D eigenvalue weighted by Gasteiger charge is 2.01. The standard InChI is InChI=1S/C8H19NO/c1-3-5-8(4-2)9-6-7-10/h8-10H,3-7H2,1-2H3. The van der Waals surface area contributed by atoms with Crippen LogP contribution >= 0.6 is 0 Å². The highest BCUT2D eigenvalue weighted by atomic mass is 16.3. The van der Waals surface area contributed by atoms with Crippen LogP contribution in [0.15, 0.2) is 0 Å². The number of aliphatic hydroxyl groups excluding tert-OH is 1. The predicted molar refractivity (Wildman–Crippen MR) is 44.1 cm³/mol. The van der Waals surface area contributed by atoms with Gasteiger partial charge in [-0.1, -0.05) is 20.3 Å². The summed E-state index contributed by atoms with van der Waals surface area (Å²) in [6, 6.07) is 0.608. The Morgan fingerprint density at radius 2 is 2.10 bits per heavy atom. The maximum atomic E-state index is 8.52. The third-order valence-electron chi connectivity index (χ3n) is 1.67. The highest BCUT2D eigenvalue weighted by molar-refractivity contribution is 4.62. The first kappa shape index (κ1) is 9.92. The summed E-state index contributed by atoms with van der Waals surface area (Å²) in [7, 11) is 0. The summed E-state index contributed by atoms with van der Waals surface area (Å²) in [5.41, 5.74) is 0. The fourth-order valence-corrected chi connectivity index (χ4v) is 1.07. The third-order valence-corrected chi connectivity index (χ3v) is 1.67. The topological polar surface area (TPSA) is 32.3 Å². The molecule has 0 aliphatic heterocycles. The van der Waals surface area contributed by atoms with Crippen LogP contribution in [-0.2, 0) is 0 Å². The smallest absolute Gasteiger partial charge is 0.0556 e. The molecule has 62 valence electrons. The van der Waals surface area contributed by atoms with Gasteiger partial charge in [-0.2, -0.15) is 0 Å². The van der Waals surface area contributed by atoms with Crippen molar-refractivity contribution < 1.29 is 5.11 Å². The van der Waals surface area contributed by atoms with Gasteiger partial charge in [0.25, 0.3) is 0 Å². The van der Waals surface area contributed by atoms with E-state index in [1.807, 2.05) is 0 Å². The van der Waals surface area contributed by atoms with Gasteiger partial charge in [0, 0.05) is 12.6 Å². The average Bonchev–Trinajstić information content (AvgIpc) is 1.98. The molecule has 2 N–H and O–H groups in total. The minimum Gasteiger partial charge on any atom is -0.395 e. The second-order valence-corrected chi connectivity index (χ2v) is 2.57. The van der Waals surface area contributed by atoms with E-state index in [1.54, 1.807) is 0 Å². The van der Waals surface area contributed by atoms with Gasteiger partial charge >= 0.3 is 0 Å². The van der Waals surface area contributed by atoms with Gasteiger partial charge in [-0.15, -0.1) is 0 Å². The average molecular weight is 145 g/mol. The van der Waals surface area contributed by atoms with Gasteiger partial charge in [0.2, 0.25) is 0 Å². The largest absolute Gasteiger partial charge is 0.395 e. The minimum absolute atomic E-state index is 0.250. The molecule has 0 aromatic heterocycles. The van der Waals surface area contributed by atoms with Crippen LogP contribution in [0.4, 0.5) is 0 Å². The fourth-order valence-electron chi connectivity index (χ4n) is 1.07. The van der Waals surface area contributed by atoms with Gasteiger partial charge in [0.1, 0.15) is 0 Å². The van der Waals surface area contributed by atoms with Crippen molar-refractivity contribution >= 4 is 0 Å². The maximum absolute atomic E-state index is 8.52. The maximum Gasteiger partial charge on any atom is 0.0556 e. The van der Waals surface area contributed by atoms with Crippen LogP contribution < -0.4 is 5.32 Å². The zero-order valence-corrected chi connectivity index (χ0v) is 7.06. The molecule has 0 aliphatic rings. The van der Waals surface area contributed by atoms with Crippen molar-refractivity contribution in [3.63, 3.8) is 0 Å². The molecule has 10 heavy (non-hydrogen) atoms. The Morgan fingerprint density at radius 1 is 1.40 bits per heavy atom. The van der Waals surface area contributed by atoms with Crippen LogP contribution in [0.25, 0.3) is 0 Å². The van der Waals surface area contributed by atoms with E-state index in [4.69, 9.17) is 5.11 Å². The molecule has 0 aromatic rings. The van der Waals surface area contributed by atoms with E-state index < -0.39 is 0 Å². The highest BCUT2D eigenvalue weighted by Crippen LogP contribution is 1.99. The number of aliphatic hydroxyl groups is 1. The molecule has 0 fully saturated rings. The van der Waals surface area contributed by atoms with Crippen molar-refractivity contribution in [2.45, 2.75) is 39.2 Å². The molecular formula is C8H19NO. The SMILES string of the molecule is CCCC(CC)NCCO. The van der Waals surface area contributed by atoms with Gasteiger partial charge < -0.3 is 10.4 Å². The summed E-state index contributed by atoms with van der Waals surface area (Å²) >= 11 is 0. The van der Waals surface area contributed by atoms with Crippen molar-refractivity contribution in [1.29, 1.82) is 0 Å². The second kappa shape index (κ2) is 7.03. The van der Waals surface area contributed by atoms with Crippen LogP contribution in [0.3, 0.4) is 0 Å². The molecule has 0 radical (unpaired) electrons. The molecule has 0 rings (SSSR count). The summed E-state index contributed by atoms with van der Waals surface area (Å²) in [4.78, 5) is 0. The number of hydrogen-bond donors (Lipinski definition) is 2. The lowest BCUT2D eigenvalue weighted by Crippen LogP contribution is -2.30. The predicted octanol–water partition coefficient (Wildman–Crippen LogP) is 1.15. The molecule has 2 nitrogen and oxygen atoms in total. The van der Waals surface area contributed by atoms with E-state index in [9.17, 15) is 0 Å². The van der Waals surface area contributed by atoms with Crippen LogP contribution in [0.5, 0.6) is 0 Å². The lowest BCUT2D eigenvalue weighted by atomic mass is 10.1. The first-order valence-corrected chi connectivity index (χ1v) is 4.19. The van der Waals surface area contributed by atoms with E-state index in [0.29, 0.717) is 6.04 Å². The number of rotatable bonds is 6. The van der Waals surface area contributed by atoms with Crippen molar-refractivity contribution in [3.05, 3.63) is 0 Å². The Bertz CT molecular complexity index is 66.3. The summed E-state index contributed by atoms with van der Waals surface area (Å²) in [6.07, 6.45) is 3.60. The van der Waals surface area contributed by atoms with Gasteiger partial charge in [-0.05, 0) is 12.8 Å². The van der Waals surface area contributed by atoms with Gasteiger partial charge in [-0.25, -0.2) is 0 Å². The summed E-state index contributed by atoms with van der Waals surface area (Å²) in [5.74, 6) is 0. The van der Waals surface area contributed by atoms with Crippen LogP contribution in [0.1, 0.15) is 33.1 Å². The monoisotopic (exact) mass is 145 g/mol. The van der Waals surface area contributed by atoms with Gasteiger partial charge in [0.15, 0.2) is 0 Å². The quantitative estimate of drug-likeness (QED) is 0.587. The molecule has 0 bridgehead atoms. The Hall–Kier alpha value is -0.0800. The summed E-state index contributed by atoms with van der Waals surface area (Å²) in [5, 5.41) is 11.8. The molecule has 0 aromatic carbocycles. The second-order valence-electron chi connectivity index (χ2n) is 2.57. The van der Waals surface area contributed by atoms with Crippen molar-refractivity contribution in [3.8, 4) is 0 Å². The molecule has 0 heterocycles. The normalized spacial score (nSPS) is 13.5. The van der Waals surface area contributed by atoms with Crippen LogP contribution in [0, 0.1) is 0 Å². The first-order valence-electron chi connectivity index (χ1n) is 4.19. The lowest BCUT2D eigenvalue weighted by Gasteiger charge is -2.14. The van der Waals surface area contributed by atoms with Crippen LogP contribution in [0.2, 0.25) is 0 Å². The first-order chi connectivity index (χ1) is 4.85.